The number of aromatic hydroxyl groups is 2. The SMILES string of the molecule is BrCc1ccccc1.COC(=O)C(C)(Cc1ccc(O)c(O)c1)NNC(=O)OC(C)(C)C.COC(=O)C(C)(Cc1ccc(OCc2ccccc2)c(OCc2ccccc2)c1)NNC(=O)OC(C)(C)C.O=CO[O-].[Cs+]. The number of phenolic OH excluding ortho intramolecular Hbond substituents is 2. The van der Waals surface area contributed by atoms with Crippen LogP contribution in [0.2, 0.25) is 0 Å². The first-order valence-corrected chi connectivity index (χ1v) is 24.0. The topological polar surface area (TPSA) is 262 Å². The molecule has 5 rings (SSSR count). The zero-order chi connectivity index (χ0) is 55.4. The predicted molar refractivity (Wildman–Crippen MR) is 277 cm³/mol. The number of amides is 2. The Labute approximate surface area is 506 Å². The van der Waals surface area contributed by atoms with Crippen LogP contribution in [0.3, 0.4) is 0 Å². The van der Waals surface area contributed by atoms with Crippen LogP contribution < -0.4 is 105 Å². The second kappa shape index (κ2) is 34.3. The number of phenols is 2. The number of benzene rings is 5. The predicted octanol–water partition coefficient (Wildman–Crippen LogP) is 4.97. The first-order chi connectivity index (χ1) is 34.9. The van der Waals surface area contributed by atoms with Crippen LogP contribution in [0.5, 0.6) is 23.0 Å². The Bertz CT molecular complexity index is 2500. The zero-order valence-electron chi connectivity index (χ0n) is 44.3. The first kappa shape index (κ1) is 67.7. The van der Waals surface area contributed by atoms with Gasteiger partial charge in [0, 0.05) is 18.2 Å². The standard InChI is InChI=1S/C30H36N2O6.C16H24N2O6.C7H7Br.CH2O3.Cs/c1-29(2,3)38-28(34)31-32-30(4,27(33)35-5)19-24-16-17-25(36-20-22-12-8-6-9-13-22)26(18-24)37-21-23-14-10-7-11-15-23;1-15(2,3)24-14(22)17-18-16(4,13(21)23-5)9-10-6-7-11(19)12(20)8-10;8-6-7-4-2-1-3-5-7;2-1-4-3;/h6-18,32H,19-21H2,1-5H3,(H,31,34);6-8,18-20H,9H2,1-5H3,(H,17,22);1-5H,6H2;1,3H;/q;;;;+1/p-1. The van der Waals surface area contributed by atoms with Crippen molar-refractivity contribution < 1.29 is 142 Å². The van der Waals surface area contributed by atoms with Crippen LogP contribution in [0.4, 0.5) is 9.59 Å². The van der Waals surface area contributed by atoms with E-state index in [1.54, 1.807) is 54.5 Å². The van der Waals surface area contributed by atoms with E-state index >= 15 is 0 Å². The maximum atomic E-state index is 12.7. The molecule has 6 N–H and O–H groups in total. The van der Waals surface area contributed by atoms with E-state index in [2.05, 4.69) is 54.7 Å². The minimum absolute atomic E-state index is 0. The Balaban J connectivity index is 0.000000642. The van der Waals surface area contributed by atoms with E-state index in [0.29, 0.717) is 30.3 Å². The molecule has 0 saturated heterocycles. The van der Waals surface area contributed by atoms with Gasteiger partial charge in [-0.3, -0.25) is 15.6 Å². The van der Waals surface area contributed by atoms with Gasteiger partial charge in [0.25, 0.3) is 6.47 Å². The van der Waals surface area contributed by atoms with Gasteiger partial charge in [-0.15, -0.1) is 0 Å². The Morgan fingerprint density at radius 3 is 1.27 bits per heavy atom. The number of carbonyl (C=O) groups excluding carboxylic acids is 5. The number of rotatable bonds is 18. The van der Waals surface area contributed by atoms with Crippen LogP contribution in [0.1, 0.15) is 83.2 Å². The van der Waals surface area contributed by atoms with E-state index in [0.717, 1.165) is 22.0 Å². The molecular weight excluding hydrogens is 1160 g/mol. The minimum Gasteiger partial charge on any atom is -0.662 e. The van der Waals surface area contributed by atoms with Crippen LogP contribution in [-0.4, -0.2) is 77.3 Å². The van der Waals surface area contributed by atoms with Crippen molar-refractivity contribution in [1.29, 1.82) is 0 Å². The number of nitrogens with one attached hydrogen (secondary N) is 4. The fourth-order valence-corrected chi connectivity index (χ4v) is 6.57. The van der Waals surface area contributed by atoms with Crippen molar-refractivity contribution in [2.24, 2.45) is 0 Å². The smallest absolute Gasteiger partial charge is 0.662 e. The van der Waals surface area contributed by atoms with E-state index in [1.165, 1.54) is 38.8 Å². The number of ether oxygens (including phenoxy) is 6. The summed E-state index contributed by atoms with van der Waals surface area (Å²) >= 11 is 3.36. The van der Waals surface area contributed by atoms with Gasteiger partial charge in [-0.2, -0.15) is 0 Å². The molecule has 0 spiro atoms. The third-order valence-corrected chi connectivity index (χ3v) is 10.3. The Hall–Kier alpha value is -5.34. The molecule has 0 fully saturated rings. The van der Waals surface area contributed by atoms with Crippen LogP contribution in [0.15, 0.2) is 127 Å². The molecule has 0 heterocycles. The fourth-order valence-electron chi connectivity index (χ4n) is 6.20. The summed E-state index contributed by atoms with van der Waals surface area (Å²) in [5.74, 6) is -0.628. The number of alkyl halides is 1. The summed E-state index contributed by atoms with van der Waals surface area (Å²) in [6.45, 7) is 14.1. The summed E-state index contributed by atoms with van der Waals surface area (Å²) in [5.41, 5.74) is 10.9. The molecule has 0 aliphatic carbocycles. The normalized spacial score (nSPS) is 12.1. The van der Waals surface area contributed by atoms with E-state index < -0.39 is 46.4 Å². The molecule has 2 atom stereocenters. The summed E-state index contributed by atoms with van der Waals surface area (Å²) in [4.78, 5) is 60.0. The van der Waals surface area contributed by atoms with E-state index in [1.807, 2.05) is 97.1 Å². The van der Waals surface area contributed by atoms with Gasteiger partial charge < -0.3 is 48.8 Å². The van der Waals surface area contributed by atoms with Crippen molar-refractivity contribution >= 4 is 46.5 Å². The number of halogens is 1. The maximum Gasteiger partial charge on any atom is 1.00 e. The quantitative estimate of drug-likeness (QED) is 0.0129. The largest absolute Gasteiger partial charge is 1.00 e. The van der Waals surface area contributed by atoms with Crippen molar-refractivity contribution in [2.45, 2.75) is 109 Å². The molecule has 5 aromatic rings. The third-order valence-electron chi connectivity index (χ3n) is 9.62. The molecule has 0 aromatic heterocycles. The Kier molecular flexibility index (Phi) is 31.0. The van der Waals surface area contributed by atoms with Crippen LogP contribution in [-0.2, 0) is 69.6 Å². The van der Waals surface area contributed by atoms with Gasteiger partial charge in [-0.25, -0.2) is 30.0 Å². The average Bonchev–Trinajstić information content (AvgIpc) is 3.37. The number of hydrogen-bond donors (Lipinski definition) is 6. The van der Waals surface area contributed by atoms with Crippen molar-refractivity contribution in [3.8, 4) is 23.0 Å². The van der Waals surface area contributed by atoms with Crippen molar-refractivity contribution in [3.05, 3.63) is 155 Å². The first-order valence-electron chi connectivity index (χ1n) is 22.9. The molecule has 21 heteroatoms. The van der Waals surface area contributed by atoms with E-state index in [-0.39, 0.29) is 99.7 Å². The van der Waals surface area contributed by atoms with Crippen LogP contribution >= 0.6 is 15.9 Å². The molecular formula is C54H68BrCsN4O15. The summed E-state index contributed by atoms with van der Waals surface area (Å²) in [5, 5.41) is 28.3. The summed E-state index contributed by atoms with van der Waals surface area (Å²) in [6.07, 6.45) is -1.17. The molecule has 0 saturated carbocycles. The van der Waals surface area contributed by atoms with Gasteiger partial charge in [0.2, 0.25) is 0 Å². The number of methoxy groups -OCH3 is 2. The van der Waals surface area contributed by atoms with Crippen molar-refractivity contribution in [3.63, 3.8) is 0 Å². The molecule has 2 unspecified atom stereocenters. The summed E-state index contributed by atoms with van der Waals surface area (Å²) in [6, 6.07) is 39.6. The Morgan fingerprint density at radius 2 is 0.920 bits per heavy atom. The van der Waals surface area contributed by atoms with Crippen molar-refractivity contribution in [2.75, 3.05) is 14.2 Å². The van der Waals surface area contributed by atoms with Gasteiger partial charge in [0.15, 0.2) is 23.0 Å². The number of esters is 2. The van der Waals surface area contributed by atoms with Gasteiger partial charge >= 0.3 is 93.0 Å². The van der Waals surface area contributed by atoms with Crippen LogP contribution in [0, 0.1) is 0 Å². The number of hydrazine groups is 2. The summed E-state index contributed by atoms with van der Waals surface area (Å²) in [7, 11) is 2.52. The molecule has 5 aromatic carbocycles. The molecule has 2 amide bonds. The molecule has 0 radical (unpaired) electrons. The third kappa shape index (κ3) is 27.3. The maximum absolute atomic E-state index is 12.7. The van der Waals surface area contributed by atoms with Gasteiger partial charge in [-0.1, -0.05) is 119 Å². The molecule has 19 nitrogen and oxygen atoms in total. The molecule has 0 bridgehead atoms. The van der Waals surface area contributed by atoms with E-state index in [9.17, 15) is 29.4 Å². The molecule has 75 heavy (non-hydrogen) atoms. The molecule has 0 aliphatic rings. The minimum atomic E-state index is -1.31. The van der Waals surface area contributed by atoms with Gasteiger partial charge in [-0.05, 0) is 107 Å². The molecule has 0 aliphatic heterocycles. The second-order valence-electron chi connectivity index (χ2n) is 18.5. The van der Waals surface area contributed by atoms with Gasteiger partial charge in [0.1, 0.15) is 35.5 Å². The number of hydrogen-bond acceptors (Lipinski definition) is 17. The van der Waals surface area contributed by atoms with Gasteiger partial charge in [0.05, 0.1) is 14.2 Å². The fraction of sp³-hybridized carbons (Fsp3) is 0.352. The van der Waals surface area contributed by atoms with E-state index in [4.69, 9.17) is 38.5 Å². The number of carbonyl (C=O) groups is 5. The van der Waals surface area contributed by atoms with Crippen molar-refractivity contribution in [1.82, 2.24) is 21.7 Å². The molecule has 402 valence electrons. The van der Waals surface area contributed by atoms with Crippen LogP contribution in [0.25, 0.3) is 0 Å². The summed E-state index contributed by atoms with van der Waals surface area (Å²) < 4.78 is 32.4. The monoisotopic (exact) mass is 1220 g/mol. The zero-order valence-corrected chi connectivity index (χ0v) is 52.2. The second-order valence-corrected chi connectivity index (χ2v) is 19.0. The Morgan fingerprint density at radius 1 is 0.547 bits per heavy atom. The average molecular weight is 1230 g/mol.